The van der Waals surface area contributed by atoms with Gasteiger partial charge in [0.25, 0.3) is 0 Å². The topological polar surface area (TPSA) is 187 Å². The van der Waals surface area contributed by atoms with Crippen LogP contribution in [0.2, 0.25) is 0 Å². The van der Waals surface area contributed by atoms with E-state index < -0.39 is 20.2 Å². The summed E-state index contributed by atoms with van der Waals surface area (Å²) in [5.74, 6) is -0.519. The van der Waals surface area contributed by atoms with Gasteiger partial charge in [-0.1, -0.05) is 25.7 Å². The molecule has 2 aliphatic heterocycles. The van der Waals surface area contributed by atoms with Gasteiger partial charge >= 0.3 is 21.1 Å². The molecule has 2 atom stereocenters. The first kappa shape index (κ1) is 35.3. The Kier molecular flexibility index (Phi) is 19.5. The third-order valence-corrected chi connectivity index (χ3v) is 7.29. The molecule has 0 aromatic heterocycles. The summed E-state index contributed by atoms with van der Waals surface area (Å²) in [7, 11) is -8.07. The largest absolute Gasteiger partial charge is 4.00 e. The fraction of sp³-hybridized carbons (Fsp3) is 1.00. The van der Waals surface area contributed by atoms with Gasteiger partial charge in [-0.3, -0.25) is 9.80 Å². The number of nitrogens with zero attached hydrogens (tertiary/aromatic N) is 2. The quantitative estimate of drug-likeness (QED) is 0.326. The van der Waals surface area contributed by atoms with E-state index in [0.29, 0.717) is 52.4 Å². The molecule has 2 N–H and O–H groups in total. The van der Waals surface area contributed by atoms with Crippen LogP contribution < -0.4 is 0 Å². The van der Waals surface area contributed by atoms with Crippen LogP contribution in [0.4, 0.5) is 0 Å². The first-order chi connectivity index (χ1) is 16.0. The molecule has 0 aromatic rings. The average molecular weight is 724 g/mol. The van der Waals surface area contributed by atoms with Crippen molar-refractivity contribution in [1.82, 2.24) is 9.80 Å². The molecule has 0 radical (unpaired) electrons. The molecule has 0 aromatic carbocycles. The Balaban J connectivity index is 0.000000503. The maximum atomic E-state index is 10.3. The van der Waals surface area contributed by atoms with Crippen molar-refractivity contribution in [1.29, 1.82) is 0 Å². The summed E-state index contributed by atoms with van der Waals surface area (Å²) in [6, 6.07) is -0.160. The van der Waals surface area contributed by atoms with Crippen LogP contribution in [0.3, 0.4) is 0 Å². The standard InChI is InChI=1S/2C7H15NO4S.C6H12N2.Pt/c2*9-13(10,11)7-1-2-8-3-5-12-6-4-8;7-5-3-1-2-4-6(5)8;/h2*1-7H2,(H,9,10,11);5-8H,1-4H2;/q;;-2;+4/p-2. The molecule has 3 rings (SSSR count). The van der Waals surface area contributed by atoms with Crippen LogP contribution in [0.25, 0.3) is 11.5 Å². The maximum absolute atomic E-state index is 10.3. The third kappa shape index (κ3) is 21.0. The molecule has 2 heterocycles. The van der Waals surface area contributed by atoms with Crippen molar-refractivity contribution in [2.45, 2.75) is 50.6 Å². The van der Waals surface area contributed by atoms with Gasteiger partial charge in [-0.05, 0) is 25.9 Å². The van der Waals surface area contributed by atoms with E-state index in [1.165, 1.54) is 12.8 Å². The van der Waals surface area contributed by atoms with Crippen molar-refractivity contribution < 1.29 is 56.5 Å². The number of morpholine rings is 2. The number of hydrogen-bond acceptors (Lipinski definition) is 10. The molecule has 1 aliphatic carbocycles. The van der Waals surface area contributed by atoms with E-state index in [1.54, 1.807) is 0 Å². The van der Waals surface area contributed by atoms with Crippen molar-refractivity contribution in [2.75, 3.05) is 77.2 Å². The van der Waals surface area contributed by atoms with Gasteiger partial charge < -0.3 is 30.0 Å². The zero-order chi connectivity index (χ0) is 25.5. The molecular formula is C20H40N4O8PtS2. The van der Waals surface area contributed by atoms with E-state index >= 15 is 0 Å². The minimum Gasteiger partial charge on any atom is -0.748 e. The fourth-order valence-corrected chi connectivity index (χ4v) is 4.68. The Morgan fingerprint density at radius 3 is 1.26 bits per heavy atom. The minimum atomic E-state index is -4.03. The first-order valence-electron chi connectivity index (χ1n) is 11.9. The van der Waals surface area contributed by atoms with Gasteiger partial charge in [-0.15, -0.1) is 0 Å². The van der Waals surface area contributed by atoms with Crippen LogP contribution in [0, 0.1) is 0 Å². The van der Waals surface area contributed by atoms with Crippen LogP contribution >= 0.6 is 0 Å². The molecular weight excluding hydrogens is 683 g/mol. The zero-order valence-corrected chi connectivity index (χ0v) is 24.1. The molecule has 3 aliphatic rings. The van der Waals surface area contributed by atoms with Crippen LogP contribution in [0.15, 0.2) is 0 Å². The number of hydrogen-bond donors (Lipinski definition) is 0. The molecule has 12 nitrogen and oxygen atoms in total. The summed E-state index contributed by atoms with van der Waals surface area (Å²) < 4.78 is 71.9. The van der Waals surface area contributed by atoms with Crippen molar-refractivity contribution in [3.63, 3.8) is 0 Å². The predicted octanol–water partition coefficient (Wildman–Crippen LogP) is 0.907. The second kappa shape index (κ2) is 19.4. The molecule has 2 unspecified atom stereocenters. The van der Waals surface area contributed by atoms with Gasteiger partial charge in [0.2, 0.25) is 0 Å². The monoisotopic (exact) mass is 723 g/mol. The van der Waals surface area contributed by atoms with Crippen LogP contribution in [0.5, 0.6) is 0 Å². The minimum absolute atomic E-state index is 0. The Labute approximate surface area is 225 Å². The van der Waals surface area contributed by atoms with Crippen molar-refractivity contribution >= 4 is 20.2 Å². The Morgan fingerprint density at radius 2 is 1.00 bits per heavy atom. The second-order valence-electron chi connectivity index (χ2n) is 8.64. The van der Waals surface area contributed by atoms with Crippen molar-refractivity contribution in [3.8, 4) is 0 Å². The molecule has 3 fully saturated rings. The fourth-order valence-electron chi connectivity index (χ4n) is 3.71. The van der Waals surface area contributed by atoms with E-state index in [9.17, 15) is 25.9 Å². The molecule has 210 valence electrons. The number of rotatable bonds is 8. The molecule has 0 amide bonds. The van der Waals surface area contributed by atoms with Crippen LogP contribution in [-0.2, 0) is 50.8 Å². The third-order valence-electron chi connectivity index (χ3n) is 5.71. The van der Waals surface area contributed by atoms with Gasteiger partial charge in [-0.2, -0.15) is 12.1 Å². The van der Waals surface area contributed by atoms with Gasteiger partial charge in [0.15, 0.2) is 0 Å². The Hall–Kier alpha value is 0.268. The molecule has 35 heavy (non-hydrogen) atoms. The van der Waals surface area contributed by atoms with Crippen LogP contribution in [0.1, 0.15) is 38.5 Å². The van der Waals surface area contributed by atoms with E-state index in [0.717, 1.165) is 39.0 Å². The van der Waals surface area contributed by atoms with E-state index in [2.05, 4.69) is 9.80 Å². The van der Waals surface area contributed by atoms with Crippen molar-refractivity contribution in [3.05, 3.63) is 11.5 Å². The van der Waals surface area contributed by atoms with E-state index in [1.807, 2.05) is 0 Å². The molecule has 2 saturated heterocycles. The Morgan fingerprint density at radius 1 is 0.686 bits per heavy atom. The van der Waals surface area contributed by atoms with Crippen LogP contribution in [-0.4, -0.2) is 125 Å². The summed E-state index contributed by atoms with van der Waals surface area (Å²) >= 11 is 0. The SMILES string of the molecule is O=S(=O)([O-])CCCN1CCOCC1.O=S(=O)([O-])CCCN1CCOCC1.[NH-]C1CCCCC1[NH-].[Pt+4]. The first-order valence-corrected chi connectivity index (χ1v) is 15.0. The second-order valence-corrected chi connectivity index (χ2v) is 11.7. The molecule has 15 heteroatoms. The van der Waals surface area contributed by atoms with Gasteiger partial charge in [0.05, 0.1) is 46.7 Å². The van der Waals surface area contributed by atoms with Gasteiger partial charge in [-0.25, -0.2) is 16.8 Å². The predicted molar refractivity (Wildman–Crippen MR) is 128 cm³/mol. The number of nitrogens with one attached hydrogen (secondary N) is 2. The number of ether oxygens (including phenoxy) is 2. The average Bonchev–Trinajstić information content (AvgIpc) is 2.77. The maximum Gasteiger partial charge on any atom is 4.00 e. The van der Waals surface area contributed by atoms with Gasteiger partial charge in [0.1, 0.15) is 0 Å². The Bertz CT molecular complexity index is 671. The molecule has 1 saturated carbocycles. The summed E-state index contributed by atoms with van der Waals surface area (Å²) in [4.78, 5) is 4.21. The van der Waals surface area contributed by atoms with Gasteiger partial charge in [0, 0.05) is 37.7 Å². The summed E-state index contributed by atoms with van der Waals surface area (Å²) in [6.45, 7) is 7.47. The molecule has 0 bridgehead atoms. The van der Waals surface area contributed by atoms with E-state index in [-0.39, 0.29) is 44.7 Å². The summed E-state index contributed by atoms with van der Waals surface area (Å²) in [5.41, 5.74) is 14.6. The molecule has 0 spiro atoms. The normalized spacial score (nSPS) is 24.2. The summed E-state index contributed by atoms with van der Waals surface area (Å²) in [6.07, 6.45) is 5.09. The zero-order valence-electron chi connectivity index (χ0n) is 20.2. The van der Waals surface area contributed by atoms with Crippen molar-refractivity contribution in [2.24, 2.45) is 0 Å². The summed E-state index contributed by atoms with van der Waals surface area (Å²) in [5, 5.41) is 0. The smallest absolute Gasteiger partial charge is 0.748 e. The van der Waals surface area contributed by atoms with E-state index in [4.69, 9.17) is 20.9 Å².